The van der Waals surface area contributed by atoms with Crippen LogP contribution in [-0.4, -0.2) is 29.1 Å². The van der Waals surface area contributed by atoms with E-state index in [1.807, 2.05) is 4.90 Å². The second kappa shape index (κ2) is 5.56. The van der Waals surface area contributed by atoms with Crippen molar-refractivity contribution in [3.05, 3.63) is 32.8 Å². The van der Waals surface area contributed by atoms with E-state index >= 15 is 0 Å². The van der Waals surface area contributed by atoms with Gasteiger partial charge in [-0.25, -0.2) is 0 Å². The second-order valence-corrected chi connectivity index (χ2v) is 5.50. The Morgan fingerprint density at radius 2 is 2.32 bits per heavy atom. The Morgan fingerprint density at radius 3 is 2.95 bits per heavy atom. The summed E-state index contributed by atoms with van der Waals surface area (Å²) in [6.07, 6.45) is 0.861. The van der Waals surface area contributed by atoms with Gasteiger partial charge in [0.15, 0.2) is 0 Å². The number of benzene rings is 1. The van der Waals surface area contributed by atoms with E-state index in [0.717, 1.165) is 6.42 Å². The number of halogens is 1. The smallest absolute Gasteiger partial charge is 0.303 e. The summed E-state index contributed by atoms with van der Waals surface area (Å²) in [7, 11) is 0. The number of hydrogen-bond donors (Lipinski definition) is 1. The van der Waals surface area contributed by atoms with Crippen LogP contribution < -0.4 is 4.90 Å². The van der Waals surface area contributed by atoms with Gasteiger partial charge in [0.1, 0.15) is 5.69 Å². The molecule has 2 rings (SSSR count). The molecular weight excluding hydrogens is 316 g/mol. The largest absolute Gasteiger partial charge is 0.481 e. The van der Waals surface area contributed by atoms with Gasteiger partial charge in [0.25, 0.3) is 5.69 Å². The van der Waals surface area contributed by atoms with E-state index in [1.165, 1.54) is 6.07 Å². The molecule has 0 amide bonds. The second-order valence-electron chi connectivity index (χ2n) is 4.59. The maximum atomic E-state index is 11.1. The van der Waals surface area contributed by atoms with Crippen LogP contribution >= 0.6 is 15.9 Å². The maximum Gasteiger partial charge on any atom is 0.303 e. The molecule has 19 heavy (non-hydrogen) atoms. The molecule has 6 nitrogen and oxygen atoms in total. The van der Waals surface area contributed by atoms with Crippen LogP contribution in [0.2, 0.25) is 0 Å². The minimum Gasteiger partial charge on any atom is -0.481 e. The van der Waals surface area contributed by atoms with E-state index in [0.29, 0.717) is 23.2 Å². The topological polar surface area (TPSA) is 83.7 Å². The summed E-state index contributed by atoms with van der Waals surface area (Å²) in [4.78, 5) is 23.2. The van der Waals surface area contributed by atoms with Crippen molar-refractivity contribution in [3.63, 3.8) is 0 Å². The van der Waals surface area contributed by atoms with Crippen LogP contribution in [0.4, 0.5) is 11.4 Å². The SMILES string of the molecule is O=C(O)CC1CCN(c2ccc(Br)cc2[N+](=O)[O-])C1. The van der Waals surface area contributed by atoms with Gasteiger partial charge in [0, 0.05) is 30.0 Å². The van der Waals surface area contributed by atoms with Crippen molar-refractivity contribution in [2.45, 2.75) is 12.8 Å². The first-order valence-corrected chi connectivity index (χ1v) is 6.67. The molecule has 0 radical (unpaired) electrons. The average Bonchev–Trinajstić information content (AvgIpc) is 2.76. The third kappa shape index (κ3) is 3.23. The van der Waals surface area contributed by atoms with Gasteiger partial charge in [0.2, 0.25) is 0 Å². The van der Waals surface area contributed by atoms with Gasteiger partial charge in [-0.2, -0.15) is 0 Å². The van der Waals surface area contributed by atoms with Crippen molar-refractivity contribution in [1.82, 2.24) is 0 Å². The molecule has 1 aliphatic heterocycles. The summed E-state index contributed by atoms with van der Waals surface area (Å²) >= 11 is 3.22. The van der Waals surface area contributed by atoms with Crippen molar-refractivity contribution < 1.29 is 14.8 Å². The fourth-order valence-electron chi connectivity index (χ4n) is 2.38. The van der Waals surface area contributed by atoms with E-state index in [-0.39, 0.29) is 18.0 Å². The molecule has 0 spiro atoms. The normalized spacial score (nSPS) is 18.6. The highest BCUT2D eigenvalue weighted by molar-refractivity contribution is 9.10. The number of nitro groups is 1. The lowest BCUT2D eigenvalue weighted by molar-refractivity contribution is -0.384. The molecule has 1 saturated heterocycles. The Labute approximate surface area is 118 Å². The molecule has 0 aromatic heterocycles. The summed E-state index contributed by atoms with van der Waals surface area (Å²) < 4.78 is 0.657. The van der Waals surface area contributed by atoms with E-state index in [2.05, 4.69) is 15.9 Å². The predicted octanol–water partition coefficient (Wildman–Crippen LogP) is 2.66. The zero-order valence-corrected chi connectivity index (χ0v) is 11.7. The number of carboxylic acid groups (broad SMARTS) is 1. The minimum atomic E-state index is -0.822. The Kier molecular flexibility index (Phi) is 4.04. The molecule has 1 aromatic carbocycles. The number of hydrogen-bond acceptors (Lipinski definition) is 4. The van der Waals surface area contributed by atoms with Crippen LogP contribution in [0.15, 0.2) is 22.7 Å². The van der Waals surface area contributed by atoms with Crippen LogP contribution in [0.1, 0.15) is 12.8 Å². The van der Waals surface area contributed by atoms with Crippen molar-refractivity contribution >= 4 is 33.3 Å². The van der Waals surface area contributed by atoms with Crippen LogP contribution in [0.25, 0.3) is 0 Å². The number of rotatable bonds is 4. The van der Waals surface area contributed by atoms with Gasteiger partial charge in [-0.05, 0) is 24.5 Å². The van der Waals surface area contributed by atoms with Gasteiger partial charge in [-0.15, -0.1) is 0 Å². The first kappa shape index (κ1) is 13.8. The molecule has 0 aliphatic carbocycles. The Bertz CT molecular complexity index is 520. The van der Waals surface area contributed by atoms with Crippen molar-refractivity contribution in [3.8, 4) is 0 Å². The summed E-state index contributed by atoms with van der Waals surface area (Å²) in [6, 6.07) is 4.93. The molecule has 7 heteroatoms. The highest BCUT2D eigenvalue weighted by atomic mass is 79.9. The molecule has 1 heterocycles. The molecule has 1 unspecified atom stereocenters. The molecule has 102 valence electrons. The lowest BCUT2D eigenvalue weighted by Gasteiger charge is -2.18. The number of carbonyl (C=O) groups is 1. The first-order chi connectivity index (χ1) is 8.97. The first-order valence-electron chi connectivity index (χ1n) is 5.88. The summed E-state index contributed by atoms with van der Waals surface area (Å²) in [5.74, 6) is -0.766. The molecule has 1 fully saturated rings. The zero-order chi connectivity index (χ0) is 14.0. The van der Waals surface area contributed by atoms with E-state index in [4.69, 9.17) is 5.11 Å². The lowest BCUT2D eigenvalue weighted by atomic mass is 10.1. The Hall–Kier alpha value is -1.63. The third-order valence-corrected chi connectivity index (χ3v) is 3.72. The van der Waals surface area contributed by atoms with E-state index in [9.17, 15) is 14.9 Å². The quantitative estimate of drug-likeness (QED) is 0.678. The summed E-state index contributed by atoms with van der Waals surface area (Å²) in [5.41, 5.74) is 0.603. The molecule has 0 bridgehead atoms. The number of carboxylic acids is 1. The highest BCUT2D eigenvalue weighted by Crippen LogP contribution is 2.34. The Morgan fingerprint density at radius 1 is 1.58 bits per heavy atom. The summed E-state index contributed by atoms with van der Waals surface area (Å²) in [6.45, 7) is 1.20. The van der Waals surface area contributed by atoms with Gasteiger partial charge in [0.05, 0.1) is 4.92 Å². The van der Waals surface area contributed by atoms with Crippen LogP contribution in [-0.2, 0) is 4.79 Å². The molecular formula is C12H13BrN2O4. The van der Waals surface area contributed by atoms with E-state index in [1.54, 1.807) is 12.1 Å². The predicted molar refractivity (Wildman–Crippen MR) is 73.4 cm³/mol. The minimum absolute atomic E-state index is 0.0466. The van der Waals surface area contributed by atoms with Crippen LogP contribution in [0.3, 0.4) is 0 Å². The lowest BCUT2D eigenvalue weighted by Crippen LogP contribution is -2.21. The zero-order valence-electron chi connectivity index (χ0n) is 10.1. The molecule has 0 saturated carbocycles. The van der Waals surface area contributed by atoms with Gasteiger partial charge >= 0.3 is 5.97 Å². The fourth-order valence-corrected chi connectivity index (χ4v) is 2.72. The van der Waals surface area contributed by atoms with Crippen LogP contribution in [0.5, 0.6) is 0 Å². The third-order valence-electron chi connectivity index (χ3n) is 3.22. The van der Waals surface area contributed by atoms with Crippen LogP contribution in [0, 0.1) is 16.0 Å². The van der Waals surface area contributed by atoms with Crippen molar-refractivity contribution in [1.29, 1.82) is 0 Å². The van der Waals surface area contributed by atoms with Gasteiger partial charge in [-0.1, -0.05) is 15.9 Å². The monoisotopic (exact) mass is 328 g/mol. The standard InChI is InChI=1S/C12H13BrN2O4/c13-9-1-2-10(11(6-9)15(18)19)14-4-3-8(7-14)5-12(16)17/h1-2,6,8H,3-5,7H2,(H,16,17). The van der Waals surface area contributed by atoms with Gasteiger partial charge < -0.3 is 10.0 Å². The van der Waals surface area contributed by atoms with Crippen molar-refractivity contribution in [2.24, 2.45) is 5.92 Å². The molecule has 1 aliphatic rings. The maximum absolute atomic E-state index is 11.1. The number of aliphatic carboxylic acids is 1. The number of nitrogens with zero attached hydrogens (tertiary/aromatic N) is 2. The fraction of sp³-hybridized carbons (Fsp3) is 0.417. The van der Waals surface area contributed by atoms with E-state index < -0.39 is 10.9 Å². The molecule has 1 atom stereocenters. The molecule has 1 N–H and O–H groups in total. The number of nitro benzene ring substituents is 1. The highest BCUT2D eigenvalue weighted by Gasteiger charge is 2.28. The summed E-state index contributed by atoms with van der Waals surface area (Å²) in [5, 5.41) is 19.8. The van der Waals surface area contributed by atoms with Crippen molar-refractivity contribution in [2.75, 3.05) is 18.0 Å². The molecule has 1 aromatic rings. The number of anilines is 1. The van der Waals surface area contributed by atoms with Gasteiger partial charge in [-0.3, -0.25) is 14.9 Å². The Balaban J connectivity index is 2.19. The average molecular weight is 329 g/mol.